The molecule has 0 aliphatic heterocycles. The van der Waals surface area contributed by atoms with Gasteiger partial charge in [0, 0.05) is 24.2 Å². The zero-order valence-electron chi connectivity index (χ0n) is 13.4. The summed E-state index contributed by atoms with van der Waals surface area (Å²) in [5.74, 6) is 5.27. The van der Waals surface area contributed by atoms with Gasteiger partial charge in [0.15, 0.2) is 0 Å². The topological polar surface area (TPSA) is 94.8 Å². The number of hydrazine groups is 1. The highest BCUT2D eigenvalue weighted by molar-refractivity contribution is 5.66. The highest BCUT2D eigenvalue weighted by Crippen LogP contribution is 2.22. The van der Waals surface area contributed by atoms with E-state index in [1.807, 2.05) is 42.9 Å². The number of benzene rings is 1. The van der Waals surface area contributed by atoms with E-state index < -0.39 is 0 Å². The molecule has 122 valence electrons. The second-order valence-corrected chi connectivity index (χ2v) is 5.49. The third-order valence-corrected chi connectivity index (χ3v) is 3.93. The zero-order valence-corrected chi connectivity index (χ0v) is 13.4. The second-order valence-electron chi connectivity index (χ2n) is 5.49. The summed E-state index contributed by atoms with van der Waals surface area (Å²) in [4.78, 5) is 8.87. The van der Waals surface area contributed by atoms with Gasteiger partial charge in [0.1, 0.15) is 5.69 Å². The highest BCUT2D eigenvalue weighted by Gasteiger charge is 2.11. The number of pyridine rings is 1. The van der Waals surface area contributed by atoms with Crippen molar-refractivity contribution in [1.29, 1.82) is 0 Å². The van der Waals surface area contributed by atoms with Crippen LogP contribution in [0.3, 0.4) is 0 Å². The lowest BCUT2D eigenvalue weighted by Gasteiger charge is -2.12. The van der Waals surface area contributed by atoms with Crippen LogP contribution in [-0.2, 0) is 0 Å². The van der Waals surface area contributed by atoms with Gasteiger partial charge in [0.25, 0.3) is 0 Å². The van der Waals surface area contributed by atoms with Crippen LogP contribution < -0.4 is 17.0 Å². The standard InChI is InChI=1S/C18H20N6/c1-13(14-5-3-2-4-6-14)24-11-18(22-12-24)17-9-15(7-8-21-17)16(19)10-23-20/h2-13,23H,19-20H2,1H3/b16-10-. The quantitative estimate of drug-likeness (QED) is 0.495. The smallest absolute Gasteiger partial charge is 0.107 e. The van der Waals surface area contributed by atoms with Crippen molar-refractivity contribution in [2.24, 2.45) is 11.6 Å². The second kappa shape index (κ2) is 6.97. The maximum atomic E-state index is 5.95. The third kappa shape index (κ3) is 3.28. The van der Waals surface area contributed by atoms with Gasteiger partial charge in [0.2, 0.25) is 0 Å². The molecule has 0 spiro atoms. The molecular formula is C18H20N6. The SMILES string of the molecule is CC(c1ccccc1)n1cnc(-c2cc(/C(N)=C/NN)ccn2)c1. The molecule has 1 unspecified atom stereocenters. The summed E-state index contributed by atoms with van der Waals surface area (Å²) in [7, 11) is 0. The van der Waals surface area contributed by atoms with E-state index >= 15 is 0 Å². The summed E-state index contributed by atoms with van der Waals surface area (Å²) in [6, 6.07) is 14.2. The molecule has 0 fully saturated rings. The molecule has 24 heavy (non-hydrogen) atoms. The normalized spacial score (nSPS) is 12.8. The first-order valence-electron chi connectivity index (χ1n) is 7.66. The average Bonchev–Trinajstić information content (AvgIpc) is 3.12. The molecule has 0 bridgehead atoms. The molecule has 1 aromatic carbocycles. The average molecular weight is 320 g/mol. The Kier molecular flexibility index (Phi) is 4.58. The van der Waals surface area contributed by atoms with Gasteiger partial charge in [-0.2, -0.15) is 0 Å². The summed E-state index contributed by atoms with van der Waals surface area (Å²) in [6.45, 7) is 2.14. The molecule has 5 N–H and O–H groups in total. The van der Waals surface area contributed by atoms with Crippen LogP contribution in [0.2, 0.25) is 0 Å². The van der Waals surface area contributed by atoms with Crippen LogP contribution in [0.5, 0.6) is 0 Å². The van der Waals surface area contributed by atoms with E-state index in [4.69, 9.17) is 11.6 Å². The van der Waals surface area contributed by atoms with Gasteiger partial charge in [-0.3, -0.25) is 10.8 Å². The fourth-order valence-electron chi connectivity index (χ4n) is 2.51. The number of nitrogens with one attached hydrogen (secondary N) is 1. The van der Waals surface area contributed by atoms with Crippen molar-refractivity contribution < 1.29 is 0 Å². The maximum absolute atomic E-state index is 5.95. The van der Waals surface area contributed by atoms with Gasteiger partial charge in [-0.05, 0) is 24.6 Å². The predicted molar refractivity (Wildman–Crippen MR) is 95.2 cm³/mol. The summed E-state index contributed by atoms with van der Waals surface area (Å²) >= 11 is 0. The molecule has 0 amide bonds. The summed E-state index contributed by atoms with van der Waals surface area (Å²) in [5, 5.41) is 0. The molecule has 0 radical (unpaired) electrons. The van der Waals surface area contributed by atoms with E-state index in [1.165, 1.54) is 11.8 Å². The van der Waals surface area contributed by atoms with Gasteiger partial charge in [-0.25, -0.2) is 4.98 Å². The molecule has 0 saturated heterocycles. The molecule has 0 aliphatic carbocycles. The molecule has 2 aromatic heterocycles. The van der Waals surface area contributed by atoms with Crippen molar-refractivity contribution in [1.82, 2.24) is 20.0 Å². The van der Waals surface area contributed by atoms with Crippen LogP contribution in [0.4, 0.5) is 0 Å². The number of aromatic nitrogens is 3. The molecule has 3 aromatic rings. The fraction of sp³-hybridized carbons (Fsp3) is 0.111. The number of hydrogen-bond donors (Lipinski definition) is 3. The first-order valence-corrected chi connectivity index (χ1v) is 7.66. The summed E-state index contributed by atoms with van der Waals surface area (Å²) in [5.41, 5.74) is 12.5. The van der Waals surface area contributed by atoms with Crippen molar-refractivity contribution in [3.8, 4) is 11.4 Å². The molecular weight excluding hydrogens is 300 g/mol. The van der Waals surface area contributed by atoms with Crippen LogP contribution in [0.1, 0.15) is 24.1 Å². The van der Waals surface area contributed by atoms with Crippen molar-refractivity contribution in [2.45, 2.75) is 13.0 Å². The Bertz CT molecular complexity index is 837. The minimum absolute atomic E-state index is 0.196. The van der Waals surface area contributed by atoms with Crippen molar-refractivity contribution in [2.75, 3.05) is 0 Å². The van der Waals surface area contributed by atoms with Crippen molar-refractivity contribution in [3.05, 3.63) is 78.5 Å². The van der Waals surface area contributed by atoms with Crippen LogP contribution in [0.15, 0.2) is 67.4 Å². The zero-order chi connectivity index (χ0) is 16.9. The lowest BCUT2D eigenvalue weighted by Crippen LogP contribution is -2.16. The minimum Gasteiger partial charge on any atom is -0.397 e. The molecule has 6 nitrogen and oxygen atoms in total. The lowest BCUT2D eigenvalue weighted by molar-refractivity contribution is 0.638. The molecule has 2 heterocycles. The van der Waals surface area contributed by atoms with E-state index in [0.29, 0.717) is 5.70 Å². The lowest BCUT2D eigenvalue weighted by atomic mass is 10.1. The number of nitrogens with two attached hydrogens (primary N) is 2. The highest BCUT2D eigenvalue weighted by atomic mass is 15.2. The van der Waals surface area contributed by atoms with E-state index in [-0.39, 0.29) is 6.04 Å². The number of nitrogens with zero attached hydrogens (tertiary/aromatic N) is 3. The predicted octanol–water partition coefficient (Wildman–Crippen LogP) is 2.27. The molecule has 1 atom stereocenters. The monoisotopic (exact) mass is 320 g/mol. The number of imidazole rings is 1. The minimum atomic E-state index is 0.196. The Hall–Kier alpha value is -3.12. The largest absolute Gasteiger partial charge is 0.397 e. The molecule has 6 heteroatoms. The summed E-state index contributed by atoms with van der Waals surface area (Å²) in [6.07, 6.45) is 7.06. The third-order valence-electron chi connectivity index (χ3n) is 3.93. The molecule has 3 rings (SSSR count). The first-order chi connectivity index (χ1) is 11.7. The van der Waals surface area contributed by atoms with Crippen LogP contribution >= 0.6 is 0 Å². The Morgan fingerprint density at radius 1 is 1.17 bits per heavy atom. The van der Waals surface area contributed by atoms with Gasteiger partial charge in [0.05, 0.1) is 23.8 Å². The van der Waals surface area contributed by atoms with Gasteiger partial charge in [-0.1, -0.05) is 30.3 Å². The number of hydrogen-bond acceptors (Lipinski definition) is 5. The van der Waals surface area contributed by atoms with Crippen molar-refractivity contribution >= 4 is 5.70 Å². The Morgan fingerprint density at radius 3 is 2.71 bits per heavy atom. The van der Waals surface area contributed by atoms with Gasteiger partial charge in [-0.15, -0.1) is 0 Å². The Labute approximate surface area is 140 Å². The fourth-order valence-corrected chi connectivity index (χ4v) is 2.51. The molecule has 0 aliphatic rings. The van der Waals surface area contributed by atoms with Crippen molar-refractivity contribution in [3.63, 3.8) is 0 Å². The van der Waals surface area contributed by atoms with Gasteiger partial charge < -0.3 is 15.7 Å². The van der Waals surface area contributed by atoms with E-state index in [9.17, 15) is 0 Å². The Balaban J connectivity index is 1.88. The van der Waals surface area contributed by atoms with Crippen LogP contribution in [0, 0.1) is 0 Å². The van der Waals surface area contributed by atoms with Gasteiger partial charge >= 0.3 is 0 Å². The molecule has 0 saturated carbocycles. The van der Waals surface area contributed by atoms with E-state index in [2.05, 4.69) is 39.0 Å². The van der Waals surface area contributed by atoms with Crippen LogP contribution in [-0.4, -0.2) is 14.5 Å². The number of rotatable bonds is 5. The van der Waals surface area contributed by atoms with E-state index in [0.717, 1.165) is 17.0 Å². The maximum Gasteiger partial charge on any atom is 0.107 e. The summed E-state index contributed by atoms with van der Waals surface area (Å²) < 4.78 is 2.07. The van der Waals surface area contributed by atoms with Crippen LogP contribution in [0.25, 0.3) is 17.1 Å². The first kappa shape index (κ1) is 15.8. The van der Waals surface area contributed by atoms with E-state index in [1.54, 1.807) is 6.20 Å². The Morgan fingerprint density at radius 2 is 1.96 bits per heavy atom.